The summed E-state index contributed by atoms with van der Waals surface area (Å²) < 4.78 is 0. The van der Waals surface area contributed by atoms with Crippen LogP contribution in [0, 0.1) is 0 Å². The molecule has 1 rings (SSSR count). The van der Waals surface area contributed by atoms with Crippen LogP contribution in [-0.2, 0) is 0 Å². The average Bonchev–Trinajstić information content (AvgIpc) is 1.80. The van der Waals surface area contributed by atoms with Gasteiger partial charge >= 0.3 is 0 Å². The molecule has 0 aromatic heterocycles. The van der Waals surface area contributed by atoms with Crippen molar-refractivity contribution in [2.75, 3.05) is 6.54 Å². The fraction of sp³-hybridized carbons (Fsp3) is 0.667. The van der Waals surface area contributed by atoms with Crippen molar-refractivity contribution in [1.29, 1.82) is 0 Å². The van der Waals surface area contributed by atoms with E-state index in [-0.39, 0.29) is 0 Å². The number of nitrogens with one attached hydrogen (secondary N) is 1. The molecule has 1 unspecified atom stereocenters. The first-order chi connectivity index (χ1) is 4.20. The quantitative estimate of drug-likeness (QED) is 0.411. The third-order valence-electron chi connectivity index (χ3n) is 1.58. The highest BCUT2D eigenvalue weighted by molar-refractivity contribution is 5.13. The van der Waals surface area contributed by atoms with Crippen molar-refractivity contribution in [1.82, 2.24) is 5.32 Å². The Bertz CT molecular complexity index is 139. The van der Waals surface area contributed by atoms with Gasteiger partial charge in [0, 0.05) is 30.4 Å². The summed E-state index contributed by atoms with van der Waals surface area (Å²) in [5.41, 5.74) is 12.8. The molecule has 0 spiro atoms. The zero-order valence-corrected chi connectivity index (χ0v) is 5.65. The van der Waals surface area contributed by atoms with E-state index >= 15 is 0 Å². The first kappa shape index (κ1) is 6.42. The molecule has 0 saturated carbocycles. The molecule has 0 aromatic carbocycles. The zero-order valence-electron chi connectivity index (χ0n) is 5.65. The maximum atomic E-state index is 5.58. The first-order valence-electron chi connectivity index (χ1n) is 3.16. The normalized spacial score (nSPS) is 28.8. The molecule has 1 aliphatic rings. The van der Waals surface area contributed by atoms with E-state index in [1.165, 1.54) is 0 Å². The van der Waals surface area contributed by atoms with E-state index in [1.807, 2.05) is 0 Å². The van der Waals surface area contributed by atoms with E-state index in [0.29, 0.717) is 6.04 Å². The van der Waals surface area contributed by atoms with Crippen LogP contribution < -0.4 is 16.8 Å². The maximum Gasteiger partial charge on any atom is 0.0412 e. The van der Waals surface area contributed by atoms with Crippen LogP contribution >= 0.6 is 0 Å². The van der Waals surface area contributed by atoms with Gasteiger partial charge in [0.1, 0.15) is 0 Å². The van der Waals surface area contributed by atoms with Crippen LogP contribution in [0.5, 0.6) is 0 Å². The van der Waals surface area contributed by atoms with E-state index in [0.717, 1.165) is 24.4 Å². The summed E-state index contributed by atoms with van der Waals surface area (Å²) in [7, 11) is 0. The van der Waals surface area contributed by atoms with Crippen LogP contribution in [0.15, 0.2) is 11.4 Å². The highest BCUT2D eigenvalue weighted by Gasteiger charge is 2.11. The topological polar surface area (TPSA) is 64.1 Å². The van der Waals surface area contributed by atoms with E-state index in [2.05, 4.69) is 12.2 Å². The Balaban J connectivity index is 2.61. The van der Waals surface area contributed by atoms with Crippen molar-refractivity contribution in [3.63, 3.8) is 0 Å². The Labute approximate surface area is 55.1 Å². The highest BCUT2D eigenvalue weighted by Crippen LogP contribution is 2.06. The van der Waals surface area contributed by atoms with Gasteiger partial charge in [-0.15, -0.1) is 0 Å². The molecule has 5 N–H and O–H groups in total. The van der Waals surface area contributed by atoms with Crippen molar-refractivity contribution in [3.05, 3.63) is 11.4 Å². The summed E-state index contributed by atoms with van der Waals surface area (Å²) >= 11 is 0. The summed E-state index contributed by atoms with van der Waals surface area (Å²) in [5.74, 6) is 0. The van der Waals surface area contributed by atoms with Crippen LogP contribution in [0.25, 0.3) is 0 Å². The van der Waals surface area contributed by atoms with Gasteiger partial charge in [0.15, 0.2) is 0 Å². The zero-order chi connectivity index (χ0) is 6.85. The Morgan fingerprint density at radius 1 is 1.44 bits per heavy atom. The second-order valence-corrected chi connectivity index (χ2v) is 2.54. The van der Waals surface area contributed by atoms with Gasteiger partial charge in [-0.2, -0.15) is 0 Å². The minimum absolute atomic E-state index is 0.484. The monoisotopic (exact) mass is 127 g/mol. The fourth-order valence-corrected chi connectivity index (χ4v) is 0.931. The molecule has 0 fully saturated rings. The second-order valence-electron chi connectivity index (χ2n) is 2.54. The van der Waals surface area contributed by atoms with Crippen LogP contribution in [0.1, 0.15) is 13.3 Å². The molecule has 0 aromatic rings. The third-order valence-corrected chi connectivity index (χ3v) is 1.58. The Morgan fingerprint density at radius 3 is 2.56 bits per heavy atom. The SMILES string of the molecule is CC1CC(N)=C(N)CN1. The van der Waals surface area contributed by atoms with E-state index in [9.17, 15) is 0 Å². The van der Waals surface area contributed by atoms with Gasteiger partial charge in [-0.3, -0.25) is 0 Å². The summed E-state index contributed by atoms with van der Waals surface area (Å²) in [6, 6.07) is 0.484. The van der Waals surface area contributed by atoms with Crippen LogP contribution in [-0.4, -0.2) is 12.6 Å². The minimum atomic E-state index is 0.484. The average molecular weight is 127 g/mol. The lowest BCUT2D eigenvalue weighted by molar-refractivity contribution is 0.532. The smallest absolute Gasteiger partial charge is 0.0412 e. The van der Waals surface area contributed by atoms with Gasteiger partial charge in [-0.1, -0.05) is 0 Å². The molecule has 1 atom stereocenters. The lowest BCUT2D eigenvalue weighted by Gasteiger charge is -2.21. The van der Waals surface area contributed by atoms with Gasteiger partial charge in [0.05, 0.1) is 0 Å². The summed E-state index contributed by atoms with van der Waals surface area (Å²) in [6.07, 6.45) is 0.881. The first-order valence-corrected chi connectivity index (χ1v) is 3.16. The van der Waals surface area contributed by atoms with Crippen molar-refractivity contribution in [2.24, 2.45) is 11.5 Å². The highest BCUT2D eigenvalue weighted by atomic mass is 15.0. The molecule has 0 radical (unpaired) electrons. The van der Waals surface area contributed by atoms with Gasteiger partial charge in [-0.25, -0.2) is 0 Å². The fourth-order valence-electron chi connectivity index (χ4n) is 0.931. The molecule has 0 saturated heterocycles. The van der Waals surface area contributed by atoms with Crippen LogP contribution in [0.4, 0.5) is 0 Å². The Morgan fingerprint density at radius 2 is 2.11 bits per heavy atom. The van der Waals surface area contributed by atoms with Gasteiger partial charge in [0.25, 0.3) is 0 Å². The molecular formula is C6H13N3. The summed E-state index contributed by atoms with van der Waals surface area (Å²) in [4.78, 5) is 0. The number of hydrogen-bond acceptors (Lipinski definition) is 3. The second kappa shape index (κ2) is 2.27. The predicted octanol–water partition coefficient (Wildman–Crippen LogP) is -0.503. The molecule has 3 nitrogen and oxygen atoms in total. The number of rotatable bonds is 0. The minimum Gasteiger partial charge on any atom is -0.401 e. The van der Waals surface area contributed by atoms with Crippen LogP contribution in [0.3, 0.4) is 0 Å². The van der Waals surface area contributed by atoms with Crippen molar-refractivity contribution in [3.8, 4) is 0 Å². The number of nitrogens with two attached hydrogens (primary N) is 2. The molecule has 0 bridgehead atoms. The van der Waals surface area contributed by atoms with Gasteiger partial charge in [0.2, 0.25) is 0 Å². The predicted molar refractivity (Wildman–Crippen MR) is 37.5 cm³/mol. The Kier molecular flexibility index (Phi) is 1.62. The molecule has 0 amide bonds. The largest absolute Gasteiger partial charge is 0.401 e. The van der Waals surface area contributed by atoms with E-state index in [1.54, 1.807) is 0 Å². The van der Waals surface area contributed by atoms with E-state index in [4.69, 9.17) is 11.5 Å². The lowest BCUT2D eigenvalue weighted by atomic mass is 10.1. The van der Waals surface area contributed by atoms with Crippen molar-refractivity contribution in [2.45, 2.75) is 19.4 Å². The molecule has 3 heteroatoms. The lowest BCUT2D eigenvalue weighted by Crippen LogP contribution is -2.37. The maximum absolute atomic E-state index is 5.58. The molecule has 1 aliphatic heterocycles. The van der Waals surface area contributed by atoms with Gasteiger partial charge < -0.3 is 16.8 Å². The third kappa shape index (κ3) is 1.36. The standard InChI is InChI=1S/C6H13N3/c1-4-2-5(7)6(8)3-9-4/h4,9H,2-3,7-8H2,1H3. The molecule has 9 heavy (non-hydrogen) atoms. The summed E-state index contributed by atoms with van der Waals surface area (Å²) in [6.45, 7) is 2.84. The van der Waals surface area contributed by atoms with Gasteiger partial charge in [-0.05, 0) is 6.92 Å². The van der Waals surface area contributed by atoms with Crippen molar-refractivity contribution >= 4 is 0 Å². The Hall–Kier alpha value is -0.700. The molecular weight excluding hydrogens is 114 g/mol. The van der Waals surface area contributed by atoms with Crippen molar-refractivity contribution < 1.29 is 0 Å². The molecule has 1 heterocycles. The summed E-state index contributed by atoms with van der Waals surface area (Å²) in [5, 5.41) is 3.20. The van der Waals surface area contributed by atoms with Crippen LogP contribution in [0.2, 0.25) is 0 Å². The number of hydrogen-bond donors (Lipinski definition) is 3. The van der Waals surface area contributed by atoms with E-state index < -0.39 is 0 Å². The molecule has 52 valence electrons. The molecule has 0 aliphatic carbocycles.